The number of hydrogen-bond donors (Lipinski definition) is 4. The van der Waals surface area contributed by atoms with Gasteiger partial charge in [0.05, 0.1) is 12.9 Å². The van der Waals surface area contributed by atoms with E-state index in [2.05, 4.69) is 15.0 Å². The van der Waals surface area contributed by atoms with E-state index < -0.39 is 36.4 Å². The average Bonchev–Trinajstić information content (AvgIpc) is 3.09. The predicted molar refractivity (Wildman–Crippen MR) is 80.9 cm³/mol. The highest BCUT2D eigenvalue weighted by molar-refractivity contribution is 5.70. The maximum Gasteiger partial charge on any atom is 0.280 e. The van der Waals surface area contributed by atoms with Crippen LogP contribution in [0.2, 0.25) is 0 Å². The lowest BCUT2D eigenvalue weighted by Crippen LogP contribution is -2.38. The molecular formula is C13H19N5O6. The van der Waals surface area contributed by atoms with E-state index in [9.17, 15) is 15.0 Å². The van der Waals surface area contributed by atoms with Crippen LogP contribution in [0.4, 0.5) is 5.95 Å². The molecule has 0 saturated carbocycles. The number of imidazole rings is 1. The molecule has 0 aromatic carbocycles. The van der Waals surface area contributed by atoms with Crippen molar-refractivity contribution in [3.05, 3.63) is 16.7 Å². The van der Waals surface area contributed by atoms with E-state index in [0.29, 0.717) is 0 Å². The number of methoxy groups -OCH3 is 1. The van der Waals surface area contributed by atoms with Crippen LogP contribution in [0.15, 0.2) is 11.1 Å². The monoisotopic (exact) mass is 341 g/mol. The molecule has 1 aliphatic rings. The molecule has 0 radical (unpaired) electrons. The van der Waals surface area contributed by atoms with Crippen molar-refractivity contribution in [2.45, 2.75) is 37.8 Å². The second kappa shape index (κ2) is 6.45. The third-order valence-corrected chi connectivity index (χ3v) is 3.89. The molecule has 5 N–H and O–H groups in total. The molecule has 132 valence electrons. The van der Waals surface area contributed by atoms with Crippen LogP contribution >= 0.6 is 0 Å². The zero-order valence-corrected chi connectivity index (χ0v) is 13.1. The highest BCUT2D eigenvalue weighted by Gasteiger charge is 2.46. The number of nitrogens with two attached hydrogens (primary N) is 1. The molecular weight excluding hydrogens is 322 g/mol. The fraction of sp³-hybridized carbons (Fsp3) is 0.615. The third kappa shape index (κ3) is 2.76. The van der Waals surface area contributed by atoms with Crippen molar-refractivity contribution in [3.8, 4) is 0 Å². The molecule has 3 heterocycles. The Bertz CT molecular complexity index is 776. The first kappa shape index (κ1) is 16.8. The normalized spacial score (nSPS) is 28.5. The van der Waals surface area contributed by atoms with E-state index in [0.717, 1.165) is 0 Å². The maximum atomic E-state index is 11.8. The number of aliphatic hydroxyl groups excluding tert-OH is 2. The summed E-state index contributed by atoms with van der Waals surface area (Å²) in [5.41, 5.74) is 5.29. The van der Waals surface area contributed by atoms with Crippen molar-refractivity contribution in [2.24, 2.45) is 0 Å². The van der Waals surface area contributed by atoms with Gasteiger partial charge in [0, 0.05) is 7.11 Å². The number of anilines is 1. The van der Waals surface area contributed by atoms with Gasteiger partial charge in [-0.2, -0.15) is 4.98 Å². The summed E-state index contributed by atoms with van der Waals surface area (Å²) in [6, 6.07) is 0. The number of H-pyrrole nitrogens is 1. The summed E-state index contributed by atoms with van der Waals surface area (Å²) >= 11 is 0. The Morgan fingerprint density at radius 2 is 2.33 bits per heavy atom. The van der Waals surface area contributed by atoms with Crippen molar-refractivity contribution < 1.29 is 24.4 Å². The van der Waals surface area contributed by atoms with Gasteiger partial charge in [-0.15, -0.1) is 0 Å². The standard InChI is InChI=1S/C13H19N5O6/c1-5(22-2)23-9-6(3-19)24-12(8(9)20)18-4-15-7-10(18)16-13(14)17-11(7)21/h4-6,8-9,12,19-20H,3H2,1-2H3,(H3,14,16,17,21)/t5?,6-,8-,9-,12-/m1/s1. The Balaban J connectivity index is 1.97. The van der Waals surface area contributed by atoms with Crippen LogP contribution in [-0.2, 0) is 14.2 Å². The minimum Gasteiger partial charge on any atom is -0.394 e. The molecule has 11 nitrogen and oxygen atoms in total. The Labute approximate surface area is 136 Å². The SMILES string of the molecule is COC(C)O[C@H]1[C@@H](O)[C@H](n2cnc3c(=O)[nH]c(N)nc32)O[C@@H]1CO. The molecule has 0 bridgehead atoms. The fourth-order valence-electron chi connectivity index (χ4n) is 2.67. The van der Waals surface area contributed by atoms with Crippen LogP contribution in [-0.4, -0.2) is 68.1 Å². The van der Waals surface area contributed by atoms with Gasteiger partial charge in [-0.1, -0.05) is 0 Å². The molecule has 0 aliphatic carbocycles. The van der Waals surface area contributed by atoms with Gasteiger partial charge >= 0.3 is 0 Å². The van der Waals surface area contributed by atoms with Gasteiger partial charge < -0.3 is 30.2 Å². The van der Waals surface area contributed by atoms with Gasteiger partial charge in [-0.05, 0) is 6.92 Å². The lowest BCUT2D eigenvalue weighted by atomic mass is 10.1. The van der Waals surface area contributed by atoms with Crippen LogP contribution in [0.5, 0.6) is 0 Å². The minimum absolute atomic E-state index is 0.0650. The molecule has 24 heavy (non-hydrogen) atoms. The number of aliphatic hydroxyl groups is 2. The number of hydrogen-bond acceptors (Lipinski definition) is 9. The first-order valence-corrected chi connectivity index (χ1v) is 7.31. The maximum absolute atomic E-state index is 11.8. The van der Waals surface area contributed by atoms with Crippen LogP contribution in [0, 0.1) is 0 Å². The second-order valence-electron chi connectivity index (χ2n) is 5.42. The summed E-state index contributed by atoms with van der Waals surface area (Å²) in [6.45, 7) is 1.29. The number of aromatic amines is 1. The molecule has 2 aromatic rings. The zero-order valence-electron chi connectivity index (χ0n) is 13.1. The molecule has 11 heteroatoms. The molecule has 0 amide bonds. The number of nitrogens with zero attached hydrogens (tertiary/aromatic N) is 3. The smallest absolute Gasteiger partial charge is 0.280 e. The summed E-state index contributed by atoms with van der Waals surface area (Å²) in [5, 5.41) is 20.0. The van der Waals surface area contributed by atoms with Crippen molar-refractivity contribution in [1.82, 2.24) is 19.5 Å². The van der Waals surface area contributed by atoms with Crippen molar-refractivity contribution in [2.75, 3.05) is 19.5 Å². The molecule has 3 rings (SSSR count). The Kier molecular flexibility index (Phi) is 4.51. The Morgan fingerprint density at radius 1 is 1.58 bits per heavy atom. The van der Waals surface area contributed by atoms with E-state index in [1.54, 1.807) is 6.92 Å². The highest BCUT2D eigenvalue weighted by Crippen LogP contribution is 2.33. The Hall–Kier alpha value is -2.05. The average molecular weight is 341 g/mol. The molecule has 1 aliphatic heterocycles. The summed E-state index contributed by atoms with van der Waals surface area (Å²) in [7, 11) is 1.46. The number of ether oxygens (including phenoxy) is 3. The minimum atomic E-state index is -1.14. The van der Waals surface area contributed by atoms with Gasteiger partial charge in [0.15, 0.2) is 23.7 Å². The van der Waals surface area contributed by atoms with Crippen LogP contribution in [0.1, 0.15) is 13.2 Å². The van der Waals surface area contributed by atoms with E-state index in [-0.39, 0.29) is 23.7 Å². The van der Waals surface area contributed by atoms with E-state index in [1.807, 2.05) is 0 Å². The zero-order chi connectivity index (χ0) is 17.4. The van der Waals surface area contributed by atoms with Crippen LogP contribution < -0.4 is 11.3 Å². The van der Waals surface area contributed by atoms with E-state index in [1.165, 1.54) is 18.0 Å². The number of fused-ring (bicyclic) bond motifs is 1. The molecule has 5 atom stereocenters. The largest absolute Gasteiger partial charge is 0.394 e. The summed E-state index contributed by atoms with van der Waals surface area (Å²) in [6.07, 6.45) is -2.98. The Morgan fingerprint density at radius 3 is 3.00 bits per heavy atom. The first-order chi connectivity index (χ1) is 11.5. The van der Waals surface area contributed by atoms with Gasteiger partial charge in [0.1, 0.15) is 18.3 Å². The summed E-state index contributed by atoms with van der Waals surface area (Å²) in [4.78, 5) is 22.2. The molecule has 1 fully saturated rings. The van der Waals surface area contributed by atoms with Crippen LogP contribution in [0.25, 0.3) is 11.2 Å². The van der Waals surface area contributed by atoms with E-state index >= 15 is 0 Å². The lowest BCUT2D eigenvalue weighted by molar-refractivity contribution is -0.175. The van der Waals surface area contributed by atoms with E-state index in [4.69, 9.17) is 19.9 Å². The molecule has 0 spiro atoms. The second-order valence-corrected chi connectivity index (χ2v) is 5.42. The fourth-order valence-corrected chi connectivity index (χ4v) is 2.67. The number of aromatic nitrogens is 4. The number of nitrogen functional groups attached to an aromatic ring is 1. The lowest BCUT2D eigenvalue weighted by Gasteiger charge is -2.23. The topological polar surface area (TPSA) is 158 Å². The number of nitrogens with one attached hydrogen (secondary N) is 1. The quantitative estimate of drug-likeness (QED) is 0.466. The van der Waals surface area contributed by atoms with Crippen molar-refractivity contribution in [1.29, 1.82) is 0 Å². The summed E-state index contributed by atoms with van der Waals surface area (Å²) in [5.74, 6) is -0.0822. The van der Waals surface area contributed by atoms with Crippen molar-refractivity contribution >= 4 is 17.1 Å². The van der Waals surface area contributed by atoms with Gasteiger partial charge in [0.25, 0.3) is 5.56 Å². The summed E-state index contributed by atoms with van der Waals surface area (Å²) < 4.78 is 17.6. The predicted octanol–water partition coefficient (Wildman–Crippen LogP) is -1.67. The third-order valence-electron chi connectivity index (χ3n) is 3.89. The highest BCUT2D eigenvalue weighted by atomic mass is 16.7. The van der Waals surface area contributed by atoms with Gasteiger partial charge in [0.2, 0.25) is 5.95 Å². The molecule has 1 unspecified atom stereocenters. The number of rotatable bonds is 5. The molecule has 1 saturated heterocycles. The van der Waals surface area contributed by atoms with Crippen LogP contribution in [0.3, 0.4) is 0 Å². The van der Waals surface area contributed by atoms with Gasteiger partial charge in [-0.3, -0.25) is 14.3 Å². The molecule has 2 aromatic heterocycles. The van der Waals surface area contributed by atoms with Gasteiger partial charge in [-0.25, -0.2) is 4.98 Å². The van der Waals surface area contributed by atoms with Crippen molar-refractivity contribution in [3.63, 3.8) is 0 Å². The first-order valence-electron chi connectivity index (χ1n) is 7.31.